The maximum atomic E-state index is 12.0. The van der Waals surface area contributed by atoms with Crippen molar-refractivity contribution in [3.05, 3.63) is 42.2 Å². The first-order chi connectivity index (χ1) is 9.72. The van der Waals surface area contributed by atoms with E-state index in [4.69, 9.17) is 5.73 Å². The molecule has 3 rings (SSSR count). The molecule has 2 aromatic rings. The van der Waals surface area contributed by atoms with E-state index in [0.717, 1.165) is 24.5 Å². The number of anilines is 3. The summed E-state index contributed by atoms with van der Waals surface area (Å²) < 4.78 is 0. The lowest BCUT2D eigenvalue weighted by Gasteiger charge is -2.18. The highest BCUT2D eigenvalue weighted by molar-refractivity contribution is 6.03. The van der Waals surface area contributed by atoms with Gasteiger partial charge in [0.2, 0.25) is 0 Å². The van der Waals surface area contributed by atoms with Crippen LogP contribution in [-0.2, 0) is 0 Å². The Balaban J connectivity index is 1.74. The largest absolute Gasteiger partial charge is 0.397 e. The SMILES string of the molecule is Nc1c[nH]c(C(=O)Nc2cccc(N3CCCC3)c2)c1. The molecule has 1 aromatic heterocycles. The molecule has 1 aromatic carbocycles. The lowest BCUT2D eigenvalue weighted by molar-refractivity contribution is 0.102. The lowest BCUT2D eigenvalue weighted by Crippen LogP contribution is -2.18. The molecule has 0 saturated carbocycles. The summed E-state index contributed by atoms with van der Waals surface area (Å²) in [6.45, 7) is 2.18. The van der Waals surface area contributed by atoms with E-state index in [1.807, 2.05) is 18.2 Å². The van der Waals surface area contributed by atoms with Crippen LogP contribution in [0.15, 0.2) is 36.5 Å². The molecule has 0 aliphatic carbocycles. The number of nitrogens with one attached hydrogen (secondary N) is 2. The van der Waals surface area contributed by atoms with Crippen LogP contribution in [0.2, 0.25) is 0 Å². The molecule has 5 nitrogen and oxygen atoms in total. The van der Waals surface area contributed by atoms with Gasteiger partial charge in [0, 0.05) is 36.3 Å². The number of nitrogens with two attached hydrogens (primary N) is 1. The van der Waals surface area contributed by atoms with Crippen molar-refractivity contribution in [1.29, 1.82) is 0 Å². The maximum absolute atomic E-state index is 12.0. The van der Waals surface area contributed by atoms with Crippen molar-refractivity contribution in [2.24, 2.45) is 0 Å². The third kappa shape index (κ3) is 2.61. The summed E-state index contributed by atoms with van der Waals surface area (Å²) in [5.41, 5.74) is 8.58. The van der Waals surface area contributed by atoms with E-state index in [2.05, 4.69) is 21.3 Å². The first kappa shape index (κ1) is 12.6. The molecule has 1 aliphatic rings. The van der Waals surface area contributed by atoms with Crippen LogP contribution in [0.5, 0.6) is 0 Å². The summed E-state index contributed by atoms with van der Waals surface area (Å²) in [5, 5.41) is 2.88. The van der Waals surface area contributed by atoms with Crippen molar-refractivity contribution >= 4 is 23.0 Å². The minimum Gasteiger partial charge on any atom is -0.397 e. The minimum atomic E-state index is -0.180. The summed E-state index contributed by atoms with van der Waals surface area (Å²) in [4.78, 5) is 17.2. The van der Waals surface area contributed by atoms with E-state index < -0.39 is 0 Å². The summed E-state index contributed by atoms with van der Waals surface area (Å²) in [7, 11) is 0. The van der Waals surface area contributed by atoms with Gasteiger partial charge in [0.1, 0.15) is 5.69 Å². The molecule has 0 atom stereocenters. The molecule has 1 amide bonds. The van der Waals surface area contributed by atoms with Crippen molar-refractivity contribution in [2.45, 2.75) is 12.8 Å². The van der Waals surface area contributed by atoms with Crippen LogP contribution in [0.25, 0.3) is 0 Å². The van der Waals surface area contributed by atoms with Gasteiger partial charge >= 0.3 is 0 Å². The van der Waals surface area contributed by atoms with Gasteiger partial charge < -0.3 is 20.9 Å². The predicted octanol–water partition coefficient (Wildman–Crippen LogP) is 2.45. The van der Waals surface area contributed by atoms with Gasteiger partial charge in [0.15, 0.2) is 0 Å². The second kappa shape index (κ2) is 5.28. The number of carbonyl (C=O) groups excluding carboxylic acids is 1. The number of rotatable bonds is 3. The van der Waals surface area contributed by atoms with Gasteiger partial charge in [0.25, 0.3) is 5.91 Å². The fourth-order valence-corrected chi connectivity index (χ4v) is 2.50. The van der Waals surface area contributed by atoms with Crippen LogP contribution >= 0.6 is 0 Å². The Labute approximate surface area is 117 Å². The first-order valence-electron chi connectivity index (χ1n) is 6.82. The van der Waals surface area contributed by atoms with Crippen LogP contribution in [0.4, 0.5) is 17.1 Å². The maximum Gasteiger partial charge on any atom is 0.272 e. The highest BCUT2D eigenvalue weighted by atomic mass is 16.1. The molecule has 5 heteroatoms. The zero-order valence-electron chi connectivity index (χ0n) is 11.2. The standard InChI is InChI=1S/C15H18N4O/c16-11-8-14(17-10-11)15(20)18-12-4-3-5-13(9-12)19-6-1-2-7-19/h3-5,8-10,17H,1-2,6-7,16H2,(H,18,20). The Bertz CT molecular complexity index is 614. The minimum absolute atomic E-state index is 0.180. The number of benzene rings is 1. The van der Waals surface area contributed by atoms with Gasteiger partial charge in [-0.05, 0) is 37.1 Å². The smallest absolute Gasteiger partial charge is 0.272 e. The van der Waals surface area contributed by atoms with Crippen LogP contribution in [0, 0.1) is 0 Å². The summed E-state index contributed by atoms with van der Waals surface area (Å²) >= 11 is 0. The molecule has 1 saturated heterocycles. The quantitative estimate of drug-likeness (QED) is 0.802. The average molecular weight is 270 g/mol. The number of nitrogens with zero attached hydrogens (tertiary/aromatic N) is 1. The second-order valence-corrected chi connectivity index (χ2v) is 5.05. The van der Waals surface area contributed by atoms with Crippen molar-refractivity contribution in [1.82, 2.24) is 4.98 Å². The number of amides is 1. The summed E-state index contributed by atoms with van der Waals surface area (Å²) in [5.74, 6) is -0.180. The number of hydrogen-bond acceptors (Lipinski definition) is 3. The van der Waals surface area contributed by atoms with Crippen LogP contribution in [-0.4, -0.2) is 24.0 Å². The number of aromatic nitrogens is 1. The summed E-state index contributed by atoms with van der Waals surface area (Å²) in [6, 6.07) is 9.57. The third-order valence-electron chi connectivity index (χ3n) is 3.53. The molecular formula is C15H18N4O. The fraction of sp³-hybridized carbons (Fsp3) is 0.267. The monoisotopic (exact) mass is 270 g/mol. The number of aromatic amines is 1. The molecule has 0 bridgehead atoms. The Kier molecular flexibility index (Phi) is 3.33. The molecule has 104 valence electrons. The van der Waals surface area contributed by atoms with E-state index in [1.54, 1.807) is 12.3 Å². The Hall–Kier alpha value is -2.43. The number of H-pyrrole nitrogens is 1. The van der Waals surface area contributed by atoms with Gasteiger partial charge in [-0.3, -0.25) is 4.79 Å². The molecule has 0 spiro atoms. The normalized spacial score (nSPS) is 14.5. The van der Waals surface area contributed by atoms with E-state index in [-0.39, 0.29) is 5.91 Å². The van der Waals surface area contributed by atoms with E-state index in [0.29, 0.717) is 11.4 Å². The highest BCUT2D eigenvalue weighted by Gasteiger charge is 2.13. The van der Waals surface area contributed by atoms with Crippen molar-refractivity contribution < 1.29 is 4.79 Å². The van der Waals surface area contributed by atoms with Crippen LogP contribution in [0.1, 0.15) is 23.3 Å². The number of carbonyl (C=O) groups is 1. The molecular weight excluding hydrogens is 252 g/mol. The molecule has 1 aliphatic heterocycles. The highest BCUT2D eigenvalue weighted by Crippen LogP contribution is 2.23. The molecule has 20 heavy (non-hydrogen) atoms. The van der Waals surface area contributed by atoms with Crippen LogP contribution < -0.4 is 16.0 Å². The summed E-state index contributed by atoms with van der Waals surface area (Å²) in [6.07, 6.45) is 4.08. The molecule has 0 unspecified atom stereocenters. The average Bonchev–Trinajstić information content (AvgIpc) is 3.10. The van der Waals surface area contributed by atoms with E-state index in [1.165, 1.54) is 12.8 Å². The Morgan fingerprint density at radius 2 is 2.05 bits per heavy atom. The van der Waals surface area contributed by atoms with Gasteiger partial charge in [0.05, 0.1) is 0 Å². The second-order valence-electron chi connectivity index (χ2n) is 5.05. The topological polar surface area (TPSA) is 74.1 Å². The number of hydrogen-bond donors (Lipinski definition) is 3. The fourth-order valence-electron chi connectivity index (χ4n) is 2.50. The zero-order chi connectivity index (χ0) is 13.9. The van der Waals surface area contributed by atoms with Crippen LogP contribution in [0.3, 0.4) is 0 Å². The van der Waals surface area contributed by atoms with Gasteiger partial charge in [-0.1, -0.05) is 6.07 Å². The third-order valence-corrected chi connectivity index (χ3v) is 3.53. The van der Waals surface area contributed by atoms with Gasteiger partial charge in [-0.2, -0.15) is 0 Å². The number of nitrogen functional groups attached to an aromatic ring is 1. The molecule has 1 fully saturated rings. The van der Waals surface area contributed by atoms with E-state index in [9.17, 15) is 4.79 Å². The molecule has 4 N–H and O–H groups in total. The first-order valence-corrected chi connectivity index (χ1v) is 6.82. The zero-order valence-corrected chi connectivity index (χ0v) is 11.2. The molecule has 2 heterocycles. The predicted molar refractivity (Wildman–Crippen MR) is 81.0 cm³/mol. The molecule has 0 radical (unpaired) electrons. The van der Waals surface area contributed by atoms with Crippen molar-refractivity contribution in [3.63, 3.8) is 0 Å². The van der Waals surface area contributed by atoms with Gasteiger partial charge in [-0.25, -0.2) is 0 Å². The Morgan fingerprint density at radius 1 is 1.25 bits per heavy atom. The lowest BCUT2D eigenvalue weighted by atomic mass is 10.2. The van der Waals surface area contributed by atoms with E-state index >= 15 is 0 Å². The van der Waals surface area contributed by atoms with Crippen molar-refractivity contribution in [2.75, 3.05) is 29.0 Å². The van der Waals surface area contributed by atoms with Gasteiger partial charge in [-0.15, -0.1) is 0 Å². The van der Waals surface area contributed by atoms with Crippen molar-refractivity contribution in [3.8, 4) is 0 Å². The Morgan fingerprint density at radius 3 is 2.75 bits per heavy atom.